The Balaban J connectivity index is 1.56. The molecule has 2 aromatic rings. The van der Waals surface area contributed by atoms with Crippen molar-refractivity contribution < 1.29 is 19.2 Å². The molecule has 27 heavy (non-hydrogen) atoms. The van der Waals surface area contributed by atoms with Crippen LogP contribution in [0.25, 0.3) is 0 Å². The maximum absolute atomic E-state index is 12.2. The summed E-state index contributed by atoms with van der Waals surface area (Å²) >= 11 is 1.44. The molecular weight excluding hydrogens is 368 g/mol. The molecule has 7 nitrogen and oxygen atoms in total. The average Bonchev–Trinajstić information content (AvgIpc) is 3.04. The summed E-state index contributed by atoms with van der Waals surface area (Å²) in [7, 11) is 0. The molecule has 0 aliphatic heterocycles. The largest absolute Gasteiger partial charge is 0.451 e. The van der Waals surface area contributed by atoms with Crippen LogP contribution in [0.2, 0.25) is 0 Å². The molecular formula is C19H20N2O5S. The first-order valence-electron chi connectivity index (χ1n) is 8.67. The van der Waals surface area contributed by atoms with E-state index in [1.54, 1.807) is 6.92 Å². The Kier molecular flexibility index (Phi) is 5.55. The maximum Gasteiger partial charge on any atom is 0.348 e. The van der Waals surface area contributed by atoms with Gasteiger partial charge in [-0.2, -0.15) is 0 Å². The van der Waals surface area contributed by atoms with Crippen molar-refractivity contribution >= 4 is 34.6 Å². The molecule has 142 valence electrons. The van der Waals surface area contributed by atoms with Crippen molar-refractivity contribution in [1.29, 1.82) is 0 Å². The number of fused-ring (bicyclic) bond motifs is 1. The average molecular weight is 388 g/mol. The topological polar surface area (TPSA) is 98.5 Å². The van der Waals surface area contributed by atoms with Crippen molar-refractivity contribution in [3.05, 3.63) is 55.3 Å². The van der Waals surface area contributed by atoms with Crippen LogP contribution in [0, 0.1) is 23.0 Å². The molecule has 3 rings (SSSR count). The Morgan fingerprint density at radius 2 is 2.15 bits per heavy atom. The van der Waals surface area contributed by atoms with E-state index < -0.39 is 23.4 Å². The van der Waals surface area contributed by atoms with Crippen LogP contribution in [0.4, 0.5) is 11.4 Å². The number of nitrogens with zero attached hydrogens (tertiary/aromatic N) is 1. The monoisotopic (exact) mass is 388 g/mol. The molecule has 0 saturated carbocycles. The predicted octanol–water partition coefficient (Wildman–Crippen LogP) is 3.89. The van der Waals surface area contributed by atoms with E-state index in [1.807, 2.05) is 6.07 Å². The van der Waals surface area contributed by atoms with E-state index in [9.17, 15) is 19.7 Å². The predicted molar refractivity (Wildman–Crippen MR) is 102 cm³/mol. The number of nitrogens with one attached hydrogen (secondary N) is 1. The Labute approximate surface area is 160 Å². The van der Waals surface area contributed by atoms with Gasteiger partial charge in [-0.1, -0.05) is 6.92 Å². The fourth-order valence-corrected chi connectivity index (χ4v) is 4.20. The highest BCUT2D eigenvalue weighted by Crippen LogP contribution is 2.32. The zero-order chi connectivity index (χ0) is 19.6. The number of benzene rings is 1. The minimum atomic E-state index is -0.502. The molecule has 1 atom stereocenters. The number of nitro benzene ring substituents is 1. The Hall–Kier alpha value is -2.74. The number of carbonyl (C=O) groups excluding carboxylic acids is 2. The lowest BCUT2D eigenvalue weighted by atomic mass is 9.90. The number of ether oxygens (including phenoxy) is 1. The van der Waals surface area contributed by atoms with E-state index in [1.165, 1.54) is 40.0 Å². The first-order chi connectivity index (χ1) is 12.8. The number of non-ortho nitro benzene ring substituents is 1. The van der Waals surface area contributed by atoms with Gasteiger partial charge in [0.1, 0.15) is 4.88 Å². The summed E-state index contributed by atoms with van der Waals surface area (Å²) < 4.78 is 5.12. The second-order valence-electron chi connectivity index (χ2n) is 6.79. The Morgan fingerprint density at radius 3 is 2.85 bits per heavy atom. The second kappa shape index (κ2) is 7.87. The molecule has 1 aliphatic carbocycles. The molecule has 0 fully saturated rings. The van der Waals surface area contributed by atoms with Gasteiger partial charge >= 0.3 is 5.97 Å². The van der Waals surface area contributed by atoms with Crippen LogP contribution < -0.4 is 5.32 Å². The molecule has 1 aliphatic rings. The smallest absolute Gasteiger partial charge is 0.348 e. The molecule has 8 heteroatoms. The standard InChI is InChI=1S/C19H20N2O5S/c1-11-3-6-16-13(7-11)9-17(27-16)19(23)26-10-18(22)20-15-5-4-14(21(24)25)8-12(15)2/h4-5,8-9,11H,3,6-7,10H2,1-2H3,(H,20,22)/t11-/m0/s1. The van der Waals surface area contributed by atoms with E-state index in [0.717, 1.165) is 19.3 Å². The Morgan fingerprint density at radius 1 is 1.37 bits per heavy atom. The quantitative estimate of drug-likeness (QED) is 0.476. The van der Waals surface area contributed by atoms with Crippen molar-refractivity contribution in [3.8, 4) is 0 Å². The SMILES string of the molecule is Cc1cc([N+](=O)[O-])ccc1NC(=O)COC(=O)c1cc2c(s1)CC[C@H](C)C2. The molecule has 0 radical (unpaired) electrons. The van der Waals surface area contributed by atoms with Crippen LogP contribution in [0.5, 0.6) is 0 Å². The van der Waals surface area contributed by atoms with Crippen molar-refractivity contribution in [2.75, 3.05) is 11.9 Å². The van der Waals surface area contributed by atoms with Gasteiger partial charge < -0.3 is 10.1 Å². The Bertz CT molecular complexity index is 906. The minimum absolute atomic E-state index is 0.0482. The first-order valence-corrected chi connectivity index (χ1v) is 9.48. The maximum atomic E-state index is 12.2. The number of amides is 1. The summed E-state index contributed by atoms with van der Waals surface area (Å²) in [4.78, 5) is 36.3. The summed E-state index contributed by atoms with van der Waals surface area (Å²) in [6.07, 6.45) is 3.08. The number of esters is 1. The van der Waals surface area contributed by atoms with Gasteiger partial charge in [-0.3, -0.25) is 14.9 Å². The lowest BCUT2D eigenvalue weighted by Gasteiger charge is -2.16. The highest BCUT2D eigenvalue weighted by Gasteiger charge is 2.22. The summed E-state index contributed by atoms with van der Waals surface area (Å²) in [6, 6.07) is 6.02. The van der Waals surface area contributed by atoms with Crippen LogP contribution in [0.1, 0.15) is 39.0 Å². The normalized spacial score (nSPS) is 15.7. The van der Waals surface area contributed by atoms with Gasteiger partial charge in [-0.25, -0.2) is 4.79 Å². The van der Waals surface area contributed by atoms with E-state index >= 15 is 0 Å². The molecule has 1 aromatic carbocycles. The summed E-state index contributed by atoms with van der Waals surface area (Å²) in [5.74, 6) is -0.375. The van der Waals surface area contributed by atoms with Crippen LogP contribution in [0.3, 0.4) is 0 Å². The summed E-state index contributed by atoms with van der Waals surface area (Å²) in [5.41, 5.74) is 2.16. The number of carbonyl (C=O) groups is 2. The van der Waals surface area contributed by atoms with Gasteiger partial charge in [0.2, 0.25) is 0 Å². The van der Waals surface area contributed by atoms with Gasteiger partial charge in [0, 0.05) is 22.7 Å². The van der Waals surface area contributed by atoms with E-state index in [0.29, 0.717) is 22.0 Å². The fourth-order valence-electron chi connectivity index (χ4n) is 3.10. The molecule has 0 bridgehead atoms. The van der Waals surface area contributed by atoms with Crippen molar-refractivity contribution in [1.82, 2.24) is 0 Å². The number of hydrogen-bond acceptors (Lipinski definition) is 6. The molecule has 1 N–H and O–H groups in total. The van der Waals surface area contributed by atoms with E-state index in [-0.39, 0.29) is 5.69 Å². The molecule has 1 amide bonds. The lowest BCUT2D eigenvalue weighted by Crippen LogP contribution is -2.21. The fraction of sp³-hybridized carbons (Fsp3) is 0.368. The van der Waals surface area contributed by atoms with Gasteiger partial charge in [0.05, 0.1) is 4.92 Å². The van der Waals surface area contributed by atoms with E-state index in [4.69, 9.17) is 4.74 Å². The third-order valence-electron chi connectivity index (χ3n) is 4.56. The van der Waals surface area contributed by atoms with Gasteiger partial charge in [-0.05, 0) is 55.4 Å². The number of rotatable bonds is 5. The molecule has 0 spiro atoms. The van der Waals surface area contributed by atoms with Crippen molar-refractivity contribution in [3.63, 3.8) is 0 Å². The minimum Gasteiger partial charge on any atom is -0.451 e. The van der Waals surface area contributed by atoms with Gasteiger partial charge in [0.25, 0.3) is 11.6 Å². The molecule has 1 aromatic heterocycles. The highest BCUT2D eigenvalue weighted by atomic mass is 32.1. The van der Waals surface area contributed by atoms with Gasteiger partial charge in [-0.15, -0.1) is 11.3 Å². The molecule has 1 heterocycles. The lowest BCUT2D eigenvalue weighted by molar-refractivity contribution is -0.384. The molecule has 0 unspecified atom stereocenters. The van der Waals surface area contributed by atoms with Crippen LogP contribution in [-0.4, -0.2) is 23.4 Å². The first kappa shape index (κ1) is 19.0. The number of hydrogen-bond donors (Lipinski definition) is 1. The third kappa shape index (κ3) is 4.51. The van der Waals surface area contributed by atoms with E-state index in [2.05, 4.69) is 12.2 Å². The summed E-state index contributed by atoms with van der Waals surface area (Å²) in [6.45, 7) is 3.45. The number of aryl methyl sites for hydroxylation is 2. The summed E-state index contributed by atoms with van der Waals surface area (Å²) in [5, 5.41) is 13.4. The van der Waals surface area contributed by atoms with Crippen LogP contribution in [-0.2, 0) is 22.4 Å². The molecule has 0 saturated heterocycles. The third-order valence-corrected chi connectivity index (χ3v) is 5.78. The van der Waals surface area contributed by atoms with Crippen LogP contribution >= 0.6 is 11.3 Å². The van der Waals surface area contributed by atoms with Crippen LogP contribution in [0.15, 0.2) is 24.3 Å². The number of thiophene rings is 1. The van der Waals surface area contributed by atoms with Crippen molar-refractivity contribution in [2.45, 2.75) is 33.1 Å². The number of anilines is 1. The second-order valence-corrected chi connectivity index (χ2v) is 7.92. The zero-order valence-corrected chi connectivity index (χ0v) is 15.9. The number of nitro groups is 1. The van der Waals surface area contributed by atoms with Crippen molar-refractivity contribution in [2.24, 2.45) is 5.92 Å². The van der Waals surface area contributed by atoms with Gasteiger partial charge in [0.15, 0.2) is 6.61 Å². The zero-order valence-electron chi connectivity index (χ0n) is 15.1. The highest BCUT2D eigenvalue weighted by molar-refractivity contribution is 7.14.